The number of likely N-dealkylation sites (N-methyl/N-ethyl adjacent to an activating group) is 1. The van der Waals surface area contributed by atoms with Crippen LogP contribution in [0.15, 0.2) is 28.5 Å². The molecule has 0 saturated heterocycles. The molecular formula is C16H19N3O4S2. The maximum atomic E-state index is 12.4. The molecule has 0 spiro atoms. The van der Waals surface area contributed by atoms with E-state index in [2.05, 4.69) is 9.71 Å². The molecule has 0 atom stereocenters. The fourth-order valence-corrected chi connectivity index (χ4v) is 4.54. The Bertz CT molecular complexity index is 893. The number of carbonyl (C=O) groups is 1. The first-order valence-electron chi connectivity index (χ1n) is 7.72. The Kier molecular flexibility index (Phi) is 5.19. The fourth-order valence-electron chi connectivity index (χ4n) is 2.66. The number of sulfonamides is 1. The largest absolute Gasteiger partial charge is 0.378 e. The first-order chi connectivity index (χ1) is 11.9. The van der Waals surface area contributed by atoms with E-state index in [1.165, 1.54) is 17.4 Å². The van der Waals surface area contributed by atoms with Gasteiger partial charge in [0.25, 0.3) is 0 Å². The predicted octanol–water partition coefficient (Wildman–Crippen LogP) is 1.33. The van der Waals surface area contributed by atoms with Gasteiger partial charge >= 0.3 is 0 Å². The number of fused-ring (bicyclic) bond motifs is 1. The van der Waals surface area contributed by atoms with E-state index in [1.807, 2.05) is 5.38 Å². The van der Waals surface area contributed by atoms with E-state index < -0.39 is 10.0 Å². The lowest BCUT2D eigenvalue weighted by Gasteiger charge is -2.11. The normalized spacial score (nSPS) is 14.2. The molecule has 0 bridgehead atoms. The zero-order valence-corrected chi connectivity index (χ0v) is 15.6. The van der Waals surface area contributed by atoms with Crippen molar-refractivity contribution in [3.8, 4) is 0 Å². The van der Waals surface area contributed by atoms with Gasteiger partial charge in [0, 0.05) is 38.2 Å². The van der Waals surface area contributed by atoms with Gasteiger partial charge in [0.15, 0.2) is 0 Å². The smallest absolute Gasteiger partial charge is 0.240 e. The summed E-state index contributed by atoms with van der Waals surface area (Å²) in [5, 5.41) is 2.77. The minimum atomic E-state index is -3.62. The second-order valence-electron chi connectivity index (χ2n) is 5.73. The summed E-state index contributed by atoms with van der Waals surface area (Å²) >= 11 is 1.49. The van der Waals surface area contributed by atoms with E-state index in [9.17, 15) is 13.2 Å². The number of carbonyl (C=O) groups excluding carboxylic acids is 1. The van der Waals surface area contributed by atoms with Crippen LogP contribution in [-0.4, -0.2) is 40.0 Å². The van der Waals surface area contributed by atoms with E-state index in [0.29, 0.717) is 13.0 Å². The minimum Gasteiger partial charge on any atom is -0.378 e. The van der Waals surface area contributed by atoms with Gasteiger partial charge in [-0.2, -0.15) is 0 Å². The predicted molar refractivity (Wildman–Crippen MR) is 95.3 cm³/mol. The maximum Gasteiger partial charge on any atom is 0.240 e. The second-order valence-corrected chi connectivity index (χ2v) is 8.44. The van der Waals surface area contributed by atoms with Crippen molar-refractivity contribution in [3.05, 3.63) is 39.8 Å². The van der Waals surface area contributed by atoms with Crippen LogP contribution < -0.4 is 9.62 Å². The van der Waals surface area contributed by atoms with Crippen LogP contribution in [0, 0.1) is 0 Å². The molecule has 1 aliphatic rings. The number of thiazole rings is 1. The summed E-state index contributed by atoms with van der Waals surface area (Å²) in [7, 11) is -0.324. The average Bonchev–Trinajstić information content (AvgIpc) is 3.12. The highest BCUT2D eigenvalue weighted by atomic mass is 32.2. The highest BCUT2D eigenvalue weighted by Crippen LogP contribution is 2.29. The summed E-state index contributed by atoms with van der Waals surface area (Å²) in [5.41, 5.74) is 2.33. The van der Waals surface area contributed by atoms with Crippen LogP contribution >= 0.6 is 11.3 Å². The van der Waals surface area contributed by atoms with E-state index in [0.717, 1.165) is 22.0 Å². The Morgan fingerprint density at radius 1 is 1.40 bits per heavy atom. The Morgan fingerprint density at radius 2 is 2.20 bits per heavy atom. The molecule has 0 saturated carbocycles. The summed E-state index contributed by atoms with van der Waals surface area (Å²) in [6, 6.07) is 4.76. The van der Waals surface area contributed by atoms with Crippen molar-refractivity contribution in [2.24, 2.45) is 0 Å². The van der Waals surface area contributed by atoms with Crippen LogP contribution in [-0.2, 0) is 39.0 Å². The molecule has 0 aliphatic carbocycles. The van der Waals surface area contributed by atoms with Gasteiger partial charge in [-0.05, 0) is 23.8 Å². The number of benzene rings is 1. The van der Waals surface area contributed by atoms with Gasteiger partial charge in [0.05, 0.1) is 23.6 Å². The van der Waals surface area contributed by atoms with E-state index in [-0.39, 0.29) is 23.8 Å². The lowest BCUT2D eigenvalue weighted by molar-refractivity contribution is -0.117. The van der Waals surface area contributed by atoms with Crippen molar-refractivity contribution < 1.29 is 17.9 Å². The Morgan fingerprint density at radius 3 is 2.96 bits per heavy atom. The number of methoxy groups -OCH3 is 1. The van der Waals surface area contributed by atoms with Crippen molar-refractivity contribution in [1.29, 1.82) is 0 Å². The summed E-state index contributed by atoms with van der Waals surface area (Å²) in [6.07, 6.45) is 0.738. The molecule has 1 amide bonds. The van der Waals surface area contributed by atoms with Crippen molar-refractivity contribution in [3.63, 3.8) is 0 Å². The lowest BCUT2D eigenvalue weighted by atomic mass is 10.2. The number of hydrogen-bond acceptors (Lipinski definition) is 6. The molecule has 134 valence electrons. The Balaban J connectivity index is 1.64. The van der Waals surface area contributed by atoms with Gasteiger partial charge in [-0.25, -0.2) is 18.1 Å². The summed E-state index contributed by atoms with van der Waals surface area (Å²) in [4.78, 5) is 17.8. The van der Waals surface area contributed by atoms with Gasteiger partial charge in [-0.15, -0.1) is 11.3 Å². The van der Waals surface area contributed by atoms with E-state index in [4.69, 9.17) is 4.74 Å². The van der Waals surface area contributed by atoms with Crippen LogP contribution in [0.2, 0.25) is 0 Å². The molecule has 1 aromatic carbocycles. The molecule has 1 N–H and O–H groups in total. The van der Waals surface area contributed by atoms with Crippen molar-refractivity contribution in [2.75, 3.05) is 25.6 Å². The molecule has 1 aliphatic heterocycles. The SMILES string of the molecule is COCc1nc(CCNS(=O)(=O)c2ccc3c(c2)CC(=O)N3C)cs1. The Labute approximate surface area is 150 Å². The number of nitrogens with zero attached hydrogens (tertiary/aromatic N) is 2. The minimum absolute atomic E-state index is 0.0343. The molecule has 25 heavy (non-hydrogen) atoms. The molecule has 0 unspecified atom stereocenters. The maximum absolute atomic E-state index is 12.4. The second kappa shape index (κ2) is 7.20. The highest BCUT2D eigenvalue weighted by Gasteiger charge is 2.26. The van der Waals surface area contributed by atoms with Crippen LogP contribution in [0.1, 0.15) is 16.3 Å². The summed E-state index contributed by atoms with van der Waals surface area (Å²) in [6.45, 7) is 0.715. The number of nitrogens with one attached hydrogen (secondary N) is 1. The van der Waals surface area contributed by atoms with Crippen molar-refractivity contribution in [1.82, 2.24) is 9.71 Å². The summed E-state index contributed by atoms with van der Waals surface area (Å²) < 4.78 is 32.5. The number of amides is 1. The third-order valence-electron chi connectivity index (χ3n) is 3.98. The van der Waals surface area contributed by atoms with Crippen LogP contribution in [0.3, 0.4) is 0 Å². The quantitative estimate of drug-likeness (QED) is 0.782. The number of aromatic nitrogens is 1. The number of ether oxygens (including phenoxy) is 1. The number of rotatable bonds is 7. The molecule has 0 fully saturated rings. The van der Waals surface area contributed by atoms with Crippen LogP contribution in [0.25, 0.3) is 0 Å². The fraction of sp³-hybridized carbons (Fsp3) is 0.375. The lowest BCUT2D eigenvalue weighted by Crippen LogP contribution is -2.26. The van der Waals surface area contributed by atoms with Crippen molar-refractivity contribution >= 4 is 33.0 Å². The molecule has 3 rings (SSSR count). The monoisotopic (exact) mass is 381 g/mol. The van der Waals surface area contributed by atoms with Crippen LogP contribution in [0.4, 0.5) is 5.69 Å². The molecule has 0 radical (unpaired) electrons. The van der Waals surface area contributed by atoms with E-state index in [1.54, 1.807) is 31.2 Å². The molecule has 7 nitrogen and oxygen atoms in total. The number of anilines is 1. The first-order valence-corrected chi connectivity index (χ1v) is 10.1. The number of hydrogen-bond donors (Lipinski definition) is 1. The van der Waals surface area contributed by atoms with Gasteiger partial charge < -0.3 is 9.64 Å². The topological polar surface area (TPSA) is 88.6 Å². The first kappa shape index (κ1) is 18.0. The highest BCUT2D eigenvalue weighted by molar-refractivity contribution is 7.89. The molecule has 2 aromatic rings. The Hall–Kier alpha value is -1.81. The van der Waals surface area contributed by atoms with Gasteiger partial charge in [-0.1, -0.05) is 0 Å². The molecule has 9 heteroatoms. The standard InChI is InChI=1S/C16H19N3O4S2/c1-19-14-4-3-13(7-11(14)8-16(19)20)25(21,22)17-6-5-12-10-24-15(18-12)9-23-2/h3-4,7,10,17H,5-6,8-9H2,1-2H3. The third-order valence-corrected chi connectivity index (χ3v) is 6.31. The van der Waals surface area contributed by atoms with Gasteiger partial charge in [-0.3, -0.25) is 4.79 Å². The van der Waals surface area contributed by atoms with Crippen LogP contribution in [0.5, 0.6) is 0 Å². The van der Waals surface area contributed by atoms with E-state index >= 15 is 0 Å². The van der Waals surface area contributed by atoms with Gasteiger partial charge in [0.1, 0.15) is 5.01 Å². The molecule has 2 heterocycles. The third kappa shape index (κ3) is 3.90. The average molecular weight is 381 g/mol. The molecule has 1 aromatic heterocycles. The van der Waals surface area contributed by atoms with Gasteiger partial charge in [0.2, 0.25) is 15.9 Å². The summed E-state index contributed by atoms with van der Waals surface area (Å²) in [5.74, 6) is -0.0343. The molecular weight excluding hydrogens is 362 g/mol. The zero-order valence-electron chi connectivity index (χ0n) is 14.0. The van der Waals surface area contributed by atoms with Crippen molar-refractivity contribution in [2.45, 2.75) is 24.3 Å². The zero-order chi connectivity index (χ0) is 18.0.